The monoisotopic (exact) mass is 488 g/mol. The van der Waals surface area contributed by atoms with E-state index in [9.17, 15) is 25.2 Å². The van der Waals surface area contributed by atoms with E-state index < -0.39 is 29.0 Å². The van der Waals surface area contributed by atoms with Gasteiger partial charge in [0, 0.05) is 5.41 Å². The molecule has 0 spiro atoms. The van der Waals surface area contributed by atoms with Crippen molar-refractivity contribution in [2.24, 2.45) is 56.7 Å². The maximum absolute atomic E-state index is 12.8. The van der Waals surface area contributed by atoms with Gasteiger partial charge < -0.3 is 20.4 Å². The fourth-order valence-corrected chi connectivity index (χ4v) is 11.0. The molecule has 4 fully saturated rings. The van der Waals surface area contributed by atoms with E-state index in [-0.39, 0.29) is 34.7 Å². The fourth-order valence-electron chi connectivity index (χ4n) is 11.0. The predicted molar refractivity (Wildman–Crippen MR) is 135 cm³/mol. The van der Waals surface area contributed by atoms with E-state index in [4.69, 9.17) is 0 Å². The molecule has 5 nitrogen and oxygen atoms in total. The van der Waals surface area contributed by atoms with E-state index in [2.05, 4.69) is 40.7 Å². The average Bonchev–Trinajstić information content (AvgIpc) is 2.80. The Morgan fingerprint density at radius 1 is 1.00 bits per heavy atom. The number of carboxylic acid groups (broad SMARTS) is 1. The highest BCUT2D eigenvalue weighted by Crippen LogP contribution is 2.75. The highest BCUT2D eigenvalue weighted by atomic mass is 16.4. The van der Waals surface area contributed by atoms with Gasteiger partial charge in [-0.2, -0.15) is 0 Å². The van der Waals surface area contributed by atoms with Crippen molar-refractivity contribution < 1.29 is 25.2 Å². The van der Waals surface area contributed by atoms with Gasteiger partial charge in [0.25, 0.3) is 0 Å². The molecule has 5 aliphatic carbocycles. The van der Waals surface area contributed by atoms with Gasteiger partial charge in [-0.05, 0) is 97.2 Å². The summed E-state index contributed by atoms with van der Waals surface area (Å²) in [7, 11) is 0. The number of fused-ring (bicyclic) bond motifs is 7. The summed E-state index contributed by atoms with van der Waals surface area (Å²) in [4.78, 5) is 12.8. The Hall–Kier alpha value is -0.910. The number of aliphatic carboxylic acids is 1. The number of hydrogen-bond donors (Lipinski definition) is 4. The normalized spacial score (nSPS) is 57.7. The summed E-state index contributed by atoms with van der Waals surface area (Å²) in [5.41, 5.74) is -0.214. The molecule has 0 heterocycles. The number of carbonyl (C=O) groups is 1. The third-order valence-electron chi connectivity index (χ3n) is 13.5. The molecule has 4 N–H and O–H groups in total. The van der Waals surface area contributed by atoms with E-state index in [0.29, 0.717) is 24.2 Å². The van der Waals surface area contributed by atoms with Crippen LogP contribution in [0.4, 0.5) is 0 Å². The van der Waals surface area contributed by atoms with Crippen LogP contribution in [0.15, 0.2) is 11.6 Å². The first-order valence-electron chi connectivity index (χ1n) is 14.1. The van der Waals surface area contributed by atoms with Crippen LogP contribution >= 0.6 is 0 Å². The second kappa shape index (κ2) is 7.80. The molecular weight excluding hydrogens is 440 g/mol. The lowest BCUT2D eigenvalue weighted by Gasteiger charge is -2.71. The van der Waals surface area contributed by atoms with Gasteiger partial charge in [-0.25, -0.2) is 0 Å². The van der Waals surface area contributed by atoms with Crippen LogP contribution in [0.3, 0.4) is 0 Å². The fraction of sp³-hybridized carbons (Fsp3) is 0.900. The second-order valence-corrected chi connectivity index (χ2v) is 14.5. The lowest BCUT2D eigenvalue weighted by atomic mass is 9.33. The van der Waals surface area contributed by atoms with Crippen molar-refractivity contribution >= 4 is 5.97 Å². The largest absolute Gasteiger partial charge is 0.481 e. The summed E-state index contributed by atoms with van der Waals surface area (Å²) in [5, 5.41) is 42.9. The number of allylic oxidation sites excluding steroid dienone is 2. The molecule has 5 rings (SSSR count). The minimum absolute atomic E-state index is 0.00815. The topological polar surface area (TPSA) is 98.0 Å². The van der Waals surface area contributed by atoms with Crippen LogP contribution in [-0.4, -0.2) is 45.2 Å². The first-order valence-corrected chi connectivity index (χ1v) is 14.1. The number of rotatable bonds is 2. The molecule has 0 aromatic heterocycles. The molecule has 35 heavy (non-hydrogen) atoms. The number of hydrogen-bond acceptors (Lipinski definition) is 4. The van der Waals surface area contributed by atoms with Crippen LogP contribution in [0.5, 0.6) is 0 Å². The summed E-state index contributed by atoms with van der Waals surface area (Å²) in [6.07, 6.45) is 7.51. The van der Waals surface area contributed by atoms with Crippen LogP contribution in [-0.2, 0) is 4.79 Å². The van der Waals surface area contributed by atoms with E-state index in [1.54, 1.807) is 0 Å². The zero-order chi connectivity index (χ0) is 25.8. The summed E-state index contributed by atoms with van der Waals surface area (Å²) in [6, 6.07) is 0. The van der Waals surface area contributed by atoms with Crippen molar-refractivity contribution in [3.05, 3.63) is 11.6 Å². The molecule has 0 bridgehead atoms. The number of carboxylic acids is 1. The third kappa shape index (κ3) is 2.95. The SMILES string of the molecule is C[C@@H]1[C@H](C)CC[C@@]2(C(=O)O)CC[C@@]3(C)C(=CC[C@H]4[C@@]5(C)C[C@@H](O)[C@@H](O)[C@@](C)(CO)[C@H]5CC[C@@]43C)[C@H]12. The maximum Gasteiger partial charge on any atom is 0.310 e. The molecule has 0 saturated heterocycles. The molecule has 198 valence electrons. The minimum Gasteiger partial charge on any atom is -0.481 e. The van der Waals surface area contributed by atoms with Crippen molar-refractivity contribution in [1.29, 1.82) is 0 Å². The van der Waals surface area contributed by atoms with Gasteiger partial charge >= 0.3 is 5.97 Å². The maximum atomic E-state index is 12.8. The smallest absolute Gasteiger partial charge is 0.310 e. The number of aliphatic hydroxyl groups excluding tert-OH is 3. The highest BCUT2D eigenvalue weighted by molar-refractivity contribution is 5.76. The first-order chi connectivity index (χ1) is 16.2. The minimum atomic E-state index is -0.907. The molecule has 0 unspecified atom stereocenters. The first kappa shape index (κ1) is 25.7. The van der Waals surface area contributed by atoms with Crippen molar-refractivity contribution in [3.8, 4) is 0 Å². The Kier molecular flexibility index (Phi) is 5.73. The molecule has 4 saturated carbocycles. The van der Waals surface area contributed by atoms with E-state index >= 15 is 0 Å². The van der Waals surface area contributed by atoms with Gasteiger partial charge in [0.1, 0.15) is 0 Å². The summed E-state index contributed by atoms with van der Waals surface area (Å²) >= 11 is 0. The third-order valence-corrected chi connectivity index (χ3v) is 13.5. The van der Waals surface area contributed by atoms with Crippen molar-refractivity contribution in [2.45, 2.75) is 105 Å². The van der Waals surface area contributed by atoms with Crippen molar-refractivity contribution in [1.82, 2.24) is 0 Å². The predicted octanol–water partition coefficient (Wildman–Crippen LogP) is 5.03. The van der Waals surface area contributed by atoms with Gasteiger partial charge in [-0.1, -0.05) is 53.2 Å². The second-order valence-electron chi connectivity index (χ2n) is 14.5. The Labute approximate surface area is 211 Å². The van der Waals surface area contributed by atoms with Crippen LogP contribution in [0.25, 0.3) is 0 Å². The zero-order valence-electron chi connectivity index (χ0n) is 22.7. The molecule has 0 aliphatic heterocycles. The van der Waals surface area contributed by atoms with Gasteiger partial charge in [0.2, 0.25) is 0 Å². The zero-order valence-corrected chi connectivity index (χ0v) is 22.7. The number of aliphatic hydroxyl groups is 3. The van der Waals surface area contributed by atoms with Gasteiger partial charge in [-0.15, -0.1) is 0 Å². The molecular formula is C30H48O5. The van der Waals surface area contributed by atoms with Gasteiger partial charge in [-0.3, -0.25) is 4.79 Å². The molecule has 5 heteroatoms. The van der Waals surface area contributed by atoms with E-state index in [1.165, 1.54) is 5.57 Å². The summed E-state index contributed by atoms with van der Waals surface area (Å²) in [6.45, 7) is 13.6. The van der Waals surface area contributed by atoms with Crippen molar-refractivity contribution in [3.63, 3.8) is 0 Å². The van der Waals surface area contributed by atoms with Gasteiger partial charge in [0.05, 0.1) is 24.2 Å². The quantitative estimate of drug-likeness (QED) is 0.409. The Morgan fingerprint density at radius 3 is 2.31 bits per heavy atom. The summed E-state index contributed by atoms with van der Waals surface area (Å²) < 4.78 is 0. The molecule has 12 atom stereocenters. The van der Waals surface area contributed by atoms with Gasteiger partial charge in [0.15, 0.2) is 0 Å². The van der Waals surface area contributed by atoms with Crippen molar-refractivity contribution in [2.75, 3.05) is 6.61 Å². The molecule has 0 amide bonds. The van der Waals surface area contributed by atoms with E-state index in [1.807, 2.05) is 6.92 Å². The average molecular weight is 489 g/mol. The highest BCUT2D eigenvalue weighted by Gasteiger charge is 2.70. The standard InChI is InChI=1S/C30H48O5/c1-17-9-12-30(25(34)35)14-13-28(5)19(23(30)18(17)2)7-8-22-26(3)15-20(32)24(33)27(4,16-31)21(26)10-11-29(22,28)6/h7,17-18,20-24,31-33H,8-16H2,1-6H3,(H,34,35)/t17-,18-,20-,21+,22+,23+,24-,26+,27+,28+,29+,30-/m1/s1. The Morgan fingerprint density at radius 2 is 1.69 bits per heavy atom. The Bertz CT molecular complexity index is 930. The van der Waals surface area contributed by atoms with Crippen LogP contribution in [0.1, 0.15) is 92.9 Å². The van der Waals surface area contributed by atoms with Crippen LogP contribution < -0.4 is 0 Å². The summed E-state index contributed by atoms with van der Waals surface area (Å²) in [5.74, 6) is 0.828. The molecule has 0 radical (unpaired) electrons. The lowest BCUT2D eigenvalue weighted by Crippen LogP contribution is -2.68. The molecule has 0 aromatic carbocycles. The lowest BCUT2D eigenvalue weighted by molar-refractivity contribution is -0.244. The van der Waals surface area contributed by atoms with Crippen LogP contribution in [0, 0.1) is 56.7 Å². The Balaban J connectivity index is 1.62. The van der Waals surface area contributed by atoms with Crippen LogP contribution in [0.2, 0.25) is 0 Å². The molecule has 0 aromatic rings. The molecule has 5 aliphatic rings. The van der Waals surface area contributed by atoms with E-state index in [0.717, 1.165) is 44.9 Å².